The Hall–Kier alpha value is -2.95. The molecular formula is C23H26N2O3. The fourth-order valence-corrected chi connectivity index (χ4v) is 3.70. The highest BCUT2D eigenvalue weighted by molar-refractivity contribution is 5.77. The van der Waals surface area contributed by atoms with Crippen molar-refractivity contribution in [1.29, 1.82) is 0 Å². The first-order chi connectivity index (χ1) is 13.6. The van der Waals surface area contributed by atoms with Crippen LogP contribution in [-0.2, 0) is 4.79 Å². The van der Waals surface area contributed by atoms with E-state index in [1.807, 2.05) is 13.0 Å². The lowest BCUT2D eigenvalue weighted by Gasteiger charge is -2.41. The molecule has 2 aliphatic rings. The minimum atomic E-state index is -0.00268. The van der Waals surface area contributed by atoms with Crippen molar-refractivity contribution in [3.8, 4) is 11.5 Å². The monoisotopic (exact) mass is 378 g/mol. The van der Waals surface area contributed by atoms with Gasteiger partial charge in [-0.3, -0.25) is 4.79 Å². The summed E-state index contributed by atoms with van der Waals surface area (Å²) in [6.45, 7) is 8.81. The summed E-state index contributed by atoms with van der Waals surface area (Å²) in [6, 6.07) is 14.7. The Labute approximate surface area is 165 Å². The lowest BCUT2D eigenvalue weighted by atomic mass is 9.90. The molecule has 0 aromatic heterocycles. The minimum Gasteiger partial charge on any atom is -0.486 e. The number of nitrogens with zero attached hydrogens (tertiary/aromatic N) is 1. The van der Waals surface area contributed by atoms with Gasteiger partial charge >= 0.3 is 0 Å². The summed E-state index contributed by atoms with van der Waals surface area (Å²) < 4.78 is 11.3. The second-order valence-corrected chi connectivity index (χ2v) is 7.38. The first-order valence-electron chi connectivity index (χ1n) is 9.79. The van der Waals surface area contributed by atoms with Crippen LogP contribution in [-0.4, -0.2) is 32.2 Å². The summed E-state index contributed by atoms with van der Waals surface area (Å²) in [7, 11) is 0. The maximum atomic E-state index is 11.7. The molecule has 4 rings (SSSR count). The number of carbonyl (C=O) groups is 1. The Morgan fingerprint density at radius 1 is 1.18 bits per heavy atom. The van der Waals surface area contributed by atoms with E-state index >= 15 is 0 Å². The van der Waals surface area contributed by atoms with Crippen molar-refractivity contribution < 1.29 is 14.3 Å². The number of nitrogens with one attached hydrogen (secondary N) is 1. The van der Waals surface area contributed by atoms with E-state index in [-0.39, 0.29) is 11.9 Å². The molecule has 28 heavy (non-hydrogen) atoms. The number of amides is 1. The Morgan fingerprint density at radius 3 is 2.61 bits per heavy atom. The molecule has 0 spiro atoms. The second kappa shape index (κ2) is 7.97. The topological polar surface area (TPSA) is 50.8 Å². The van der Waals surface area contributed by atoms with Gasteiger partial charge in [0.25, 0.3) is 0 Å². The minimum absolute atomic E-state index is 0.000593. The lowest BCUT2D eigenvalue weighted by molar-refractivity contribution is -0.120. The van der Waals surface area contributed by atoms with Crippen molar-refractivity contribution in [2.45, 2.75) is 25.3 Å². The number of fused-ring (bicyclic) bond motifs is 1. The molecule has 0 radical (unpaired) electrons. The van der Waals surface area contributed by atoms with E-state index in [0.717, 1.165) is 30.2 Å². The zero-order valence-corrected chi connectivity index (χ0v) is 16.2. The normalized spacial score (nSPS) is 16.8. The highest BCUT2D eigenvalue weighted by atomic mass is 16.6. The highest BCUT2D eigenvalue weighted by Crippen LogP contribution is 2.38. The van der Waals surface area contributed by atoms with Gasteiger partial charge in [-0.1, -0.05) is 30.3 Å². The maximum absolute atomic E-state index is 11.7. The van der Waals surface area contributed by atoms with Crippen molar-refractivity contribution in [2.24, 2.45) is 0 Å². The number of hydrogen-bond acceptors (Lipinski definition) is 4. The van der Waals surface area contributed by atoms with Crippen LogP contribution in [0.25, 0.3) is 0 Å². The zero-order valence-electron chi connectivity index (χ0n) is 16.2. The third-order valence-corrected chi connectivity index (χ3v) is 5.39. The molecule has 2 aromatic rings. The Bertz CT molecular complexity index is 857. The average Bonchev–Trinajstić information content (AvgIpc) is 2.67. The summed E-state index contributed by atoms with van der Waals surface area (Å²) >= 11 is 0. The molecule has 2 aliphatic heterocycles. The van der Waals surface area contributed by atoms with Gasteiger partial charge in [-0.25, -0.2) is 0 Å². The molecule has 0 saturated carbocycles. The molecule has 146 valence electrons. The summed E-state index contributed by atoms with van der Waals surface area (Å²) in [5, 5.41) is 2.99. The Balaban J connectivity index is 1.34. The summed E-state index contributed by atoms with van der Waals surface area (Å²) in [5.74, 6) is 2.19. The van der Waals surface area contributed by atoms with Gasteiger partial charge in [-0.05, 0) is 30.2 Å². The van der Waals surface area contributed by atoms with E-state index in [1.54, 1.807) is 6.08 Å². The molecule has 1 N–H and O–H groups in total. The van der Waals surface area contributed by atoms with Crippen LogP contribution >= 0.6 is 0 Å². The van der Waals surface area contributed by atoms with Crippen LogP contribution in [0.2, 0.25) is 0 Å². The molecule has 2 heterocycles. The number of rotatable bonds is 6. The van der Waals surface area contributed by atoms with E-state index in [1.165, 1.54) is 11.3 Å². The van der Waals surface area contributed by atoms with Crippen LogP contribution < -0.4 is 19.7 Å². The van der Waals surface area contributed by atoms with Crippen LogP contribution in [0.3, 0.4) is 0 Å². The SMILES string of the molecule is C=CCC(=O)NC(C)c1ccc(C2CN(c3ccc4c(c3)OCCO4)C2)cc1. The van der Waals surface area contributed by atoms with Gasteiger partial charge in [-0.2, -0.15) is 0 Å². The molecule has 1 amide bonds. The van der Waals surface area contributed by atoms with Gasteiger partial charge in [0.1, 0.15) is 13.2 Å². The fraction of sp³-hybridized carbons (Fsp3) is 0.348. The van der Waals surface area contributed by atoms with E-state index < -0.39 is 0 Å². The first-order valence-corrected chi connectivity index (χ1v) is 9.79. The van der Waals surface area contributed by atoms with E-state index in [4.69, 9.17) is 9.47 Å². The molecule has 0 bridgehead atoms. The van der Waals surface area contributed by atoms with Gasteiger partial charge in [0.15, 0.2) is 11.5 Å². The molecule has 2 aromatic carbocycles. The molecule has 5 heteroatoms. The summed E-state index contributed by atoms with van der Waals surface area (Å²) in [6.07, 6.45) is 1.97. The summed E-state index contributed by atoms with van der Waals surface area (Å²) in [5.41, 5.74) is 3.63. The first kappa shape index (κ1) is 18.4. The van der Waals surface area contributed by atoms with Crippen LogP contribution in [0.1, 0.15) is 36.4 Å². The van der Waals surface area contributed by atoms with Crippen molar-refractivity contribution >= 4 is 11.6 Å². The van der Waals surface area contributed by atoms with Gasteiger partial charge in [0, 0.05) is 37.2 Å². The Morgan fingerprint density at radius 2 is 1.89 bits per heavy atom. The highest BCUT2D eigenvalue weighted by Gasteiger charge is 2.29. The van der Waals surface area contributed by atoms with Crippen molar-refractivity contribution in [3.05, 3.63) is 66.2 Å². The maximum Gasteiger partial charge on any atom is 0.224 e. The fourth-order valence-electron chi connectivity index (χ4n) is 3.70. The predicted molar refractivity (Wildman–Crippen MR) is 110 cm³/mol. The molecule has 0 aliphatic carbocycles. The van der Waals surface area contributed by atoms with Gasteiger partial charge < -0.3 is 19.7 Å². The van der Waals surface area contributed by atoms with E-state index in [2.05, 4.69) is 53.2 Å². The zero-order chi connectivity index (χ0) is 19.5. The largest absolute Gasteiger partial charge is 0.486 e. The Kier molecular flexibility index (Phi) is 5.24. The molecule has 1 unspecified atom stereocenters. The van der Waals surface area contributed by atoms with Gasteiger partial charge in [0.2, 0.25) is 5.91 Å². The summed E-state index contributed by atoms with van der Waals surface area (Å²) in [4.78, 5) is 14.1. The van der Waals surface area contributed by atoms with Crippen LogP contribution in [0, 0.1) is 0 Å². The standard InChI is InChI=1S/C23H26N2O3/c1-3-4-23(26)24-16(2)17-5-7-18(8-6-17)19-14-25(15-19)20-9-10-21-22(13-20)28-12-11-27-21/h3,5-10,13,16,19H,1,4,11-12,14-15H2,2H3,(H,24,26). The third kappa shape index (κ3) is 3.84. The van der Waals surface area contributed by atoms with Gasteiger partial charge in [-0.15, -0.1) is 6.58 Å². The van der Waals surface area contributed by atoms with Crippen LogP contribution in [0.5, 0.6) is 11.5 Å². The number of carbonyl (C=O) groups excluding carboxylic acids is 1. The van der Waals surface area contributed by atoms with Gasteiger partial charge in [0.05, 0.1) is 6.04 Å². The van der Waals surface area contributed by atoms with E-state index in [0.29, 0.717) is 25.6 Å². The third-order valence-electron chi connectivity index (χ3n) is 5.39. The average molecular weight is 378 g/mol. The predicted octanol–water partition coefficient (Wildman–Crippen LogP) is 3.81. The van der Waals surface area contributed by atoms with Crippen LogP contribution in [0.15, 0.2) is 55.1 Å². The quantitative estimate of drug-likeness (QED) is 0.777. The number of hydrogen-bond donors (Lipinski definition) is 1. The second-order valence-electron chi connectivity index (χ2n) is 7.38. The molecule has 1 atom stereocenters. The number of anilines is 1. The van der Waals surface area contributed by atoms with Crippen molar-refractivity contribution in [2.75, 3.05) is 31.2 Å². The van der Waals surface area contributed by atoms with E-state index in [9.17, 15) is 4.79 Å². The molecular weight excluding hydrogens is 352 g/mol. The molecule has 5 nitrogen and oxygen atoms in total. The molecule has 1 fully saturated rings. The lowest BCUT2D eigenvalue weighted by Crippen LogP contribution is -2.45. The van der Waals surface area contributed by atoms with Crippen molar-refractivity contribution in [1.82, 2.24) is 5.32 Å². The number of ether oxygens (including phenoxy) is 2. The van der Waals surface area contributed by atoms with Crippen LogP contribution in [0.4, 0.5) is 5.69 Å². The molecule has 1 saturated heterocycles. The number of benzene rings is 2. The smallest absolute Gasteiger partial charge is 0.224 e. The van der Waals surface area contributed by atoms with Crippen molar-refractivity contribution in [3.63, 3.8) is 0 Å².